The molecule has 1 saturated heterocycles. The molecule has 2 atom stereocenters. The molecule has 2 unspecified atom stereocenters. The Kier molecular flexibility index (Phi) is 3.35. The Labute approximate surface area is 95.4 Å². The Hall–Kier alpha value is 0.490. The van der Waals surface area contributed by atoms with Gasteiger partial charge < -0.3 is 0 Å². The zero-order valence-corrected chi connectivity index (χ0v) is 10.6. The van der Waals surface area contributed by atoms with Crippen molar-refractivity contribution in [3.05, 3.63) is 20.8 Å². The number of thiophene rings is 1. The van der Waals surface area contributed by atoms with Crippen LogP contribution in [-0.2, 0) is 0 Å². The van der Waals surface area contributed by atoms with Gasteiger partial charge >= 0.3 is 0 Å². The van der Waals surface area contributed by atoms with E-state index in [1.807, 2.05) is 23.1 Å². The molecule has 0 aliphatic carbocycles. The first-order valence-electron chi connectivity index (χ1n) is 4.41. The smallest absolute Gasteiger partial charge is 0.0897 e. The van der Waals surface area contributed by atoms with Crippen molar-refractivity contribution in [2.24, 2.45) is 0 Å². The van der Waals surface area contributed by atoms with Crippen LogP contribution in [0.1, 0.15) is 23.6 Å². The summed E-state index contributed by atoms with van der Waals surface area (Å²) in [5, 5.41) is 6.28. The van der Waals surface area contributed by atoms with Crippen LogP contribution in [0.4, 0.5) is 0 Å². The summed E-state index contributed by atoms with van der Waals surface area (Å²) in [5.74, 6) is 1.24. The maximum atomic E-state index is 3.63. The van der Waals surface area contributed by atoms with E-state index < -0.39 is 0 Å². The van der Waals surface area contributed by atoms with Gasteiger partial charge in [0.25, 0.3) is 0 Å². The van der Waals surface area contributed by atoms with Gasteiger partial charge in [-0.3, -0.25) is 5.32 Å². The second kappa shape index (κ2) is 4.34. The van der Waals surface area contributed by atoms with Gasteiger partial charge in [0.05, 0.1) is 5.37 Å². The summed E-state index contributed by atoms with van der Waals surface area (Å²) in [6.07, 6.45) is 1.23. The van der Waals surface area contributed by atoms with Crippen LogP contribution < -0.4 is 5.32 Å². The highest BCUT2D eigenvalue weighted by Gasteiger charge is 2.26. The quantitative estimate of drug-likeness (QED) is 0.886. The number of halogens is 1. The molecular weight excluding hydrogens is 266 g/mol. The number of hydrogen-bond donors (Lipinski definition) is 1. The van der Waals surface area contributed by atoms with Gasteiger partial charge in [0.2, 0.25) is 0 Å². The number of rotatable bonds is 2. The molecular formula is C9H12BrNS2. The van der Waals surface area contributed by atoms with Gasteiger partial charge in [0.1, 0.15) is 0 Å². The van der Waals surface area contributed by atoms with Gasteiger partial charge in [-0.25, -0.2) is 0 Å². The van der Waals surface area contributed by atoms with E-state index in [1.165, 1.54) is 21.5 Å². The Morgan fingerprint density at radius 1 is 1.69 bits per heavy atom. The van der Waals surface area contributed by atoms with E-state index in [1.54, 1.807) is 0 Å². The van der Waals surface area contributed by atoms with Crippen LogP contribution in [0.3, 0.4) is 0 Å². The fourth-order valence-electron chi connectivity index (χ4n) is 1.40. The van der Waals surface area contributed by atoms with Crippen molar-refractivity contribution in [2.45, 2.75) is 24.8 Å². The normalized spacial score (nSPS) is 28.2. The fraction of sp³-hybridized carbons (Fsp3) is 0.556. The molecule has 72 valence electrons. The highest BCUT2D eigenvalue weighted by Crippen LogP contribution is 2.39. The fourth-order valence-corrected chi connectivity index (χ4v) is 4.79. The summed E-state index contributed by atoms with van der Waals surface area (Å²) in [6.45, 7) is 2.24. The first-order chi connectivity index (χ1) is 6.31. The highest BCUT2D eigenvalue weighted by atomic mass is 79.9. The van der Waals surface area contributed by atoms with E-state index in [4.69, 9.17) is 0 Å². The van der Waals surface area contributed by atoms with Gasteiger partial charge in [-0.15, -0.1) is 23.1 Å². The number of thioether (sulfide) groups is 1. The molecule has 0 amide bonds. The molecule has 1 nitrogen and oxygen atoms in total. The van der Waals surface area contributed by atoms with E-state index in [0.717, 1.165) is 0 Å². The van der Waals surface area contributed by atoms with Gasteiger partial charge in [0, 0.05) is 21.1 Å². The van der Waals surface area contributed by atoms with Crippen LogP contribution in [0.25, 0.3) is 0 Å². The molecule has 1 aromatic rings. The molecule has 0 saturated carbocycles. The van der Waals surface area contributed by atoms with Crippen LogP contribution >= 0.6 is 39.0 Å². The van der Waals surface area contributed by atoms with Gasteiger partial charge in [-0.1, -0.05) is 6.92 Å². The van der Waals surface area contributed by atoms with Crippen LogP contribution in [0.2, 0.25) is 0 Å². The Morgan fingerprint density at radius 2 is 2.54 bits per heavy atom. The molecule has 0 spiro atoms. The van der Waals surface area contributed by atoms with E-state index in [0.29, 0.717) is 11.4 Å². The molecule has 1 N–H and O–H groups in total. The maximum Gasteiger partial charge on any atom is 0.0897 e. The van der Waals surface area contributed by atoms with Crippen molar-refractivity contribution in [1.82, 2.24) is 5.32 Å². The lowest BCUT2D eigenvalue weighted by molar-refractivity contribution is 0.564. The third-order valence-corrected chi connectivity index (χ3v) is 5.61. The number of hydrogen-bond acceptors (Lipinski definition) is 3. The van der Waals surface area contributed by atoms with E-state index in [9.17, 15) is 0 Å². The first-order valence-corrected chi connectivity index (χ1v) is 7.14. The van der Waals surface area contributed by atoms with Crippen molar-refractivity contribution in [1.29, 1.82) is 0 Å². The van der Waals surface area contributed by atoms with Gasteiger partial charge in [-0.05, 0) is 33.8 Å². The summed E-state index contributed by atoms with van der Waals surface area (Å²) in [5.41, 5.74) is 0. The molecule has 1 aliphatic heterocycles. The molecule has 1 fully saturated rings. The molecule has 1 aromatic heterocycles. The van der Waals surface area contributed by atoms with Crippen molar-refractivity contribution in [2.75, 3.05) is 5.75 Å². The summed E-state index contributed by atoms with van der Waals surface area (Å²) >= 11 is 7.42. The highest BCUT2D eigenvalue weighted by molar-refractivity contribution is 9.10. The van der Waals surface area contributed by atoms with E-state index >= 15 is 0 Å². The van der Waals surface area contributed by atoms with E-state index in [-0.39, 0.29) is 0 Å². The Bertz CT molecular complexity index is 287. The lowest BCUT2D eigenvalue weighted by Crippen LogP contribution is -2.24. The first kappa shape index (κ1) is 10.0. The molecule has 2 rings (SSSR count). The van der Waals surface area contributed by atoms with Crippen LogP contribution in [0.15, 0.2) is 15.9 Å². The minimum atomic E-state index is 0.513. The molecule has 2 heterocycles. The molecule has 0 bridgehead atoms. The zero-order valence-electron chi connectivity index (χ0n) is 7.42. The standard InChI is InChI=1S/C9H12BrNS2/c1-2-6-5-13-9(11-6)8-7(10)3-4-12-8/h3-4,6,9,11H,2,5H2,1H3. The number of nitrogens with one attached hydrogen (secondary N) is 1. The largest absolute Gasteiger partial charge is 0.297 e. The molecule has 1 aliphatic rings. The second-order valence-corrected chi connectivity index (χ2v) is 6.06. The summed E-state index contributed by atoms with van der Waals surface area (Å²) in [7, 11) is 0. The Balaban J connectivity index is 2.08. The molecule has 0 radical (unpaired) electrons. The molecule has 4 heteroatoms. The monoisotopic (exact) mass is 277 g/mol. The third kappa shape index (κ3) is 2.12. The predicted octanol–water partition coefficient (Wildman–Crippen LogP) is 3.62. The summed E-state index contributed by atoms with van der Waals surface area (Å²) in [4.78, 5) is 1.43. The molecule has 0 aromatic carbocycles. The van der Waals surface area contributed by atoms with Gasteiger partial charge in [0.15, 0.2) is 0 Å². The average Bonchev–Trinajstić information content (AvgIpc) is 2.71. The summed E-state index contributed by atoms with van der Waals surface area (Å²) in [6, 6.07) is 2.82. The zero-order chi connectivity index (χ0) is 9.26. The van der Waals surface area contributed by atoms with Crippen molar-refractivity contribution >= 4 is 39.0 Å². The lowest BCUT2D eigenvalue weighted by atomic mass is 10.2. The summed E-state index contributed by atoms with van der Waals surface area (Å²) < 4.78 is 1.25. The SMILES string of the molecule is CCC1CSC(c2sccc2Br)N1. The average molecular weight is 278 g/mol. The van der Waals surface area contributed by atoms with Gasteiger partial charge in [-0.2, -0.15) is 0 Å². The van der Waals surface area contributed by atoms with Crippen molar-refractivity contribution in [3.63, 3.8) is 0 Å². The predicted molar refractivity (Wildman–Crippen MR) is 64.4 cm³/mol. The van der Waals surface area contributed by atoms with Crippen LogP contribution in [0.5, 0.6) is 0 Å². The minimum Gasteiger partial charge on any atom is -0.297 e. The second-order valence-electron chi connectivity index (χ2n) is 3.12. The van der Waals surface area contributed by atoms with Crippen molar-refractivity contribution < 1.29 is 0 Å². The minimum absolute atomic E-state index is 0.513. The molecule has 13 heavy (non-hydrogen) atoms. The van der Waals surface area contributed by atoms with Crippen LogP contribution in [0, 0.1) is 0 Å². The van der Waals surface area contributed by atoms with Crippen molar-refractivity contribution in [3.8, 4) is 0 Å². The van der Waals surface area contributed by atoms with Crippen LogP contribution in [-0.4, -0.2) is 11.8 Å². The lowest BCUT2D eigenvalue weighted by Gasteiger charge is -2.10. The third-order valence-electron chi connectivity index (χ3n) is 2.23. The Morgan fingerprint density at radius 3 is 3.08 bits per heavy atom. The van der Waals surface area contributed by atoms with E-state index in [2.05, 4.69) is 39.6 Å². The maximum absolute atomic E-state index is 3.63. The topological polar surface area (TPSA) is 12.0 Å².